The molecule has 1 aromatic carbocycles. The van der Waals surface area contributed by atoms with Crippen molar-refractivity contribution < 1.29 is 9.59 Å². The number of carbonyl (C=O) groups is 2. The molecule has 2 N–H and O–H groups in total. The van der Waals surface area contributed by atoms with Gasteiger partial charge < -0.3 is 10.6 Å². The quantitative estimate of drug-likeness (QED) is 0.793. The molecule has 0 spiro atoms. The molecule has 2 amide bonds. The molecule has 0 saturated heterocycles. The summed E-state index contributed by atoms with van der Waals surface area (Å²) in [5, 5.41) is 13.6. The zero-order valence-corrected chi connectivity index (χ0v) is 13.3. The highest BCUT2D eigenvalue weighted by Crippen LogP contribution is 2.03. The lowest BCUT2D eigenvalue weighted by Crippen LogP contribution is -2.46. The Morgan fingerprint density at radius 3 is 2.39 bits per heavy atom. The normalized spacial score (nSPS) is 12.0. The summed E-state index contributed by atoms with van der Waals surface area (Å²) in [6.07, 6.45) is 3.19. The summed E-state index contributed by atoms with van der Waals surface area (Å²) in [5.74, 6) is -0.287. The summed E-state index contributed by atoms with van der Waals surface area (Å²) in [6.45, 7) is 4.44. The fourth-order valence-electron chi connectivity index (χ4n) is 2.05. The third-order valence-corrected chi connectivity index (χ3v) is 3.42. The van der Waals surface area contributed by atoms with E-state index in [0.717, 1.165) is 0 Å². The molecule has 0 bridgehead atoms. The highest BCUT2D eigenvalue weighted by molar-refractivity contribution is 5.96. The molecular weight excluding hydrogens is 294 g/mol. The number of rotatable bonds is 7. The average Bonchev–Trinajstić information content (AvgIpc) is 3.06. The summed E-state index contributed by atoms with van der Waals surface area (Å²) >= 11 is 0. The van der Waals surface area contributed by atoms with E-state index >= 15 is 0 Å². The third kappa shape index (κ3) is 5.21. The van der Waals surface area contributed by atoms with E-state index in [0.29, 0.717) is 12.1 Å². The van der Waals surface area contributed by atoms with E-state index in [2.05, 4.69) is 20.8 Å². The van der Waals surface area contributed by atoms with Gasteiger partial charge >= 0.3 is 0 Å². The van der Waals surface area contributed by atoms with Crippen LogP contribution < -0.4 is 10.6 Å². The zero-order valence-electron chi connectivity index (χ0n) is 13.3. The Morgan fingerprint density at radius 1 is 1.13 bits per heavy atom. The van der Waals surface area contributed by atoms with Crippen LogP contribution in [0.1, 0.15) is 24.2 Å². The SMILES string of the molecule is CC(C)C(Cn1nccn1)NC(=O)CNC(=O)c1ccccc1. The lowest BCUT2D eigenvalue weighted by molar-refractivity contribution is -0.121. The maximum atomic E-state index is 12.0. The molecule has 1 aromatic heterocycles. The van der Waals surface area contributed by atoms with Crippen LogP contribution in [0.25, 0.3) is 0 Å². The molecule has 122 valence electrons. The summed E-state index contributed by atoms with van der Waals surface area (Å²) in [5.41, 5.74) is 0.529. The molecule has 2 aromatic rings. The average molecular weight is 315 g/mol. The number of benzene rings is 1. The number of amides is 2. The monoisotopic (exact) mass is 315 g/mol. The first-order valence-electron chi connectivity index (χ1n) is 7.53. The Morgan fingerprint density at radius 2 is 1.78 bits per heavy atom. The molecule has 0 fully saturated rings. The summed E-state index contributed by atoms with van der Waals surface area (Å²) < 4.78 is 0. The largest absolute Gasteiger partial charge is 0.350 e. The van der Waals surface area contributed by atoms with Gasteiger partial charge in [-0.2, -0.15) is 15.0 Å². The minimum absolute atomic E-state index is 0.0660. The number of nitrogens with one attached hydrogen (secondary N) is 2. The first-order chi connectivity index (χ1) is 11.1. The van der Waals surface area contributed by atoms with Crippen molar-refractivity contribution in [2.45, 2.75) is 26.4 Å². The Balaban J connectivity index is 1.83. The second-order valence-corrected chi connectivity index (χ2v) is 5.55. The Kier molecular flexibility index (Phi) is 5.85. The van der Waals surface area contributed by atoms with E-state index in [9.17, 15) is 9.59 Å². The Hall–Kier alpha value is -2.70. The van der Waals surface area contributed by atoms with Crippen LogP contribution in [0.2, 0.25) is 0 Å². The van der Waals surface area contributed by atoms with Crippen molar-refractivity contribution in [3.63, 3.8) is 0 Å². The molecule has 0 aliphatic rings. The number of aromatic nitrogens is 3. The van der Waals surface area contributed by atoms with Gasteiger partial charge in [-0.25, -0.2) is 0 Å². The predicted molar refractivity (Wildman–Crippen MR) is 85.6 cm³/mol. The van der Waals surface area contributed by atoms with Crippen molar-refractivity contribution in [3.05, 3.63) is 48.3 Å². The lowest BCUT2D eigenvalue weighted by Gasteiger charge is -2.21. The summed E-state index contributed by atoms with van der Waals surface area (Å²) in [4.78, 5) is 25.5. The molecule has 7 heteroatoms. The highest BCUT2D eigenvalue weighted by atomic mass is 16.2. The maximum absolute atomic E-state index is 12.0. The lowest BCUT2D eigenvalue weighted by atomic mass is 10.0. The Bertz CT molecular complexity index is 625. The van der Waals surface area contributed by atoms with Crippen molar-refractivity contribution >= 4 is 11.8 Å². The van der Waals surface area contributed by atoms with E-state index in [1.54, 1.807) is 36.7 Å². The minimum Gasteiger partial charge on any atom is -0.350 e. The zero-order chi connectivity index (χ0) is 16.7. The van der Waals surface area contributed by atoms with Crippen LogP contribution in [0.15, 0.2) is 42.7 Å². The molecule has 0 aliphatic heterocycles. The van der Waals surface area contributed by atoms with Gasteiger partial charge in [0.05, 0.1) is 31.5 Å². The fraction of sp³-hybridized carbons (Fsp3) is 0.375. The van der Waals surface area contributed by atoms with E-state index in [4.69, 9.17) is 0 Å². The second-order valence-electron chi connectivity index (χ2n) is 5.55. The highest BCUT2D eigenvalue weighted by Gasteiger charge is 2.18. The van der Waals surface area contributed by atoms with Crippen LogP contribution in [0, 0.1) is 5.92 Å². The third-order valence-electron chi connectivity index (χ3n) is 3.42. The van der Waals surface area contributed by atoms with Crippen LogP contribution >= 0.6 is 0 Å². The molecule has 1 heterocycles. The second kappa shape index (κ2) is 8.07. The summed E-state index contributed by atoms with van der Waals surface area (Å²) in [6, 6.07) is 8.69. The van der Waals surface area contributed by atoms with Crippen molar-refractivity contribution in [1.29, 1.82) is 0 Å². The molecule has 0 radical (unpaired) electrons. The molecule has 23 heavy (non-hydrogen) atoms. The number of hydrogen-bond donors (Lipinski definition) is 2. The number of carbonyl (C=O) groups excluding carboxylic acids is 2. The van der Waals surface area contributed by atoms with Gasteiger partial charge in [-0.3, -0.25) is 9.59 Å². The van der Waals surface area contributed by atoms with Gasteiger partial charge in [0.1, 0.15) is 0 Å². The first kappa shape index (κ1) is 16.7. The molecular formula is C16H21N5O2. The van der Waals surface area contributed by atoms with Crippen molar-refractivity contribution in [2.24, 2.45) is 5.92 Å². The van der Waals surface area contributed by atoms with Gasteiger partial charge in [0.15, 0.2) is 0 Å². The molecule has 1 unspecified atom stereocenters. The van der Waals surface area contributed by atoms with Crippen LogP contribution in [0.3, 0.4) is 0 Å². The molecule has 1 atom stereocenters. The van der Waals surface area contributed by atoms with Crippen molar-refractivity contribution in [2.75, 3.05) is 6.54 Å². The van der Waals surface area contributed by atoms with Gasteiger partial charge in [0.2, 0.25) is 5.91 Å². The Labute approximate surface area is 135 Å². The van der Waals surface area contributed by atoms with Gasteiger partial charge in [-0.1, -0.05) is 32.0 Å². The van der Waals surface area contributed by atoms with Crippen LogP contribution in [-0.2, 0) is 11.3 Å². The van der Waals surface area contributed by atoms with Crippen molar-refractivity contribution in [3.8, 4) is 0 Å². The molecule has 0 saturated carbocycles. The molecule has 2 rings (SSSR count). The molecule has 7 nitrogen and oxygen atoms in total. The van der Waals surface area contributed by atoms with Gasteiger partial charge in [-0.05, 0) is 18.1 Å². The van der Waals surface area contributed by atoms with Crippen LogP contribution in [0.4, 0.5) is 0 Å². The van der Waals surface area contributed by atoms with Gasteiger partial charge in [0, 0.05) is 5.56 Å². The molecule has 0 aliphatic carbocycles. The minimum atomic E-state index is -0.268. The van der Waals surface area contributed by atoms with Crippen molar-refractivity contribution in [1.82, 2.24) is 25.6 Å². The topological polar surface area (TPSA) is 88.9 Å². The predicted octanol–water partition coefficient (Wildman–Crippen LogP) is 0.849. The van der Waals surface area contributed by atoms with Crippen LogP contribution in [-0.4, -0.2) is 39.4 Å². The fourth-order valence-corrected chi connectivity index (χ4v) is 2.05. The van der Waals surface area contributed by atoms with E-state index < -0.39 is 0 Å². The van der Waals surface area contributed by atoms with E-state index in [-0.39, 0.29) is 30.3 Å². The first-order valence-corrected chi connectivity index (χ1v) is 7.53. The van der Waals surface area contributed by atoms with Gasteiger partial charge in [-0.15, -0.1) is 0 Å². The van der Waals surface area contributed by atoms with E-state index in [1.165, 1.54) is 4.80 Å². The number of hydrogen-bond acceptors (Lipinski definition) is 4. The maximum Gasteiger partial charge on any atom is 0.251 e. The van der Waals surface area contributed by atoms with Crippen LogP contribution in [0.5, 0.6) is 0 Å². The standard InChI is InChI=1S/C16H21N5O2/c1-12(2)14(11-21-18-8-9-19-21)20-15(22)10-17-16(23)13-6-4-3-5-7-13/h3-9,12,14H,10-11H2,1-2H3,(H,17,23)(H,20,22). The van der Waals surface area contributed by atoms with E-state index in [1.807, 2.05) is 19.9 Å². The summed E-state index contributed by atoms with van der Waals surface area (Å²) in [7, 11) is 0. The van der Waals surface area contributed by atoms with Gasteiger partial charge in [0.25, 0.3) is 5.91 Å². The number of nitrogens with zero attached hydrogens (tertiary/aromatic N) is 3. The smallest absolute Gasteiger partial charge is 0.251 e.